The molecule has 0 unspecified atom stereocenters. The summed E-state index contributed by atoms with van der Waals surface area (Å²) in [6.45, 7) is 0. The van der Waals surface area contributed by atoms with E-state index in [1.165, 1.54) is 12.3 Å². The van der Waals surface area contributed by atoms with Gasteiger partial charge in [0.1, 0.15) is 0 Å². The highest BCUT2D eigenvalue weighted by Crippen LogP contribution is 2.06. The van der Waals surface area contributed by atoms with E-state index >= 15 is 0 Å². The number of furan rings is 1. The Labute approximate surface area is 58.0 Å². The SMILES string of the molecule is NS(=O)(=O)Nc1ccco1. The number of rotatable bonds is 2. The molecular formula is C4H6N2O3S. The first-order valence-electron chi connectivity index (χ1n) is 2.42. The fraction of sp³-hybridized carbons (Fsp3) is 0. The van der Waals surface area contributed by atoms with E-state index in [2.05, 4.69) is 9.56 Å². The molecule has 5 nitrogen and oxygen atoms in total. The van der Waals surface area contributed by atoms with E-state index < -0.39 is 10.2 Å². The van der Waals surface area contributed by atoms with Crippen LogP contribution in [-0.2, 0) is 10.2 Å². The first-order chi connectivity index (χ1) is 4.58. The van der Waals surface area contributed by atoms with Gasteiger partial charge >= 0.3 is 0 Å². The van der Waals surface area contributed by atoms with E-state index in [-0.39, 0.29) is 5.88 Å². The highest BCUT2D eigenvalue weighted by molar-refractivity contribution is 7.90. The van der Waals surface area contributed by atoms with Crippen LogP contribution >= 0.6 is 0 Å². The first-order valence-corrected chi connectivity index (χ1v) is 3.96. The molecule has 0 radical (unpaired) electrons. The second kappa shape index (κ2) is 2.31. The molecule has 0 aromatic carbocycles. The van der Waals surface area contributed by atoms with Gasteiger partial charge in [-0.15, -0.1) is 0 Å². The van der Waals surface area contributed by atoms with Gasteiger partial charge in [0.05, 0.1) is 6.26 Å². The standard InChI is InChI=1S/C4H6N2O3S/c5-10(7,8)6-4-2-1-3-9-4/h1-3,6H,(H2,5,7,8). The zero-order valence-electron chi connectivity index (χ0n) is 4.94. The number of nitrogens with one attached hydrogen (secondary N) is 1. The molecule has 0 aliphatic carbocycles. The van der Waals surface area contributed by atoms with E-state index in [0.717, 1.165) is 0 Å². The highest BCUT2D eigenvalue weighted by atomic mass is 32.2. The van der Waals surface area contributed by atoms with Gasteiger partial charge in [-0.25, -0.2) is 9.86 Å². The van der Waals surface area contributed by atoms with Crippen LogP contribution in [0.1, 0.15) is 0 Å². The Morgan fingerprint density at radius 1 is 1.60 bits per heavy atom. The largest absolute Gasteiger partial charge is 0.448 e. The Balaban J connectivity index is 2.75. The lowest BCUT2D eigenvalue weighted by Crippen LogP contribution is -2.21. The zero-order chi connectivity index (χ0) is 7.61. The molecule has 1 rings (SSSR count). The minimum absolute atomic E-state index is 0.113. The molecule has 1 aromatic rings. The first kappa shape index (κ1) is 7.10. The summed E-state index contributed by atoms with van der Waals surface area (Å²) in [5, 5.41) is 4.63. The van der Waals surface area contributed by atoms with Crippen molar-refractivity contribution >= 4 is 16.1 Å². The Morgan fingerprint density at radius 2 is 2.30 bits per heavy atom. The minimum Gasteiger partial charge on any atom is -0.448 e. The highest BCUT2D eigenvalue weighted by Gasteiger charge is 2.02. The maximum Gasteiger partial charge on any atom is 0.298 e. The summed E-state index contributed by atoms with van der Waals surface area (Å²) in [6.07, 6.45) is 1.34. The summed E-state index contributed by atoms with van der Waals surface area (Å²) < 4.78 is 27.2. The summed E-state index contributed by atoms with van der Waals surface area (Å²) in [6, 6.07) is 3.00. The van der Waals surface area contributed by atoms with Gasteiger partial charge in [-0.3, -0.25) is 0 Å². The van der Waals surface area contributed by atoms with Crippen LogP contribution in [-0.4, -0.2) is 8.42 Å². The van der Waals surface area contributed by atoms with Crippen LogP contribution in [0.5, 0.6) is 0 Å². The van der Waals surface area contributed by atoms with Crippen molar-refractivity contribution in [3.63, 3.8) is 0 Å². The normalized spacial score (nSPS) is 11.3. The quantitative estimate of drug-likeness (QED) is 0.636. The van der Waals surface area contributed by atoms with Gasteiger partial charge in [0, 0.05) is 6.07 Å². The average Bonchev–Trinajstić information content (AvgIpc) is 2.12. The third-order valence-electron chi connectivity index (χ3n) is 0.764. The predicted molar refractivity (Wildman–Crippen MR) is 35.4 cm³/mol. The molecule has 0 bridgehead atoms. The van der Waals surface area contributed by atoms with Crippen molar-refractivity contribution in [1.82, 2.24) is 0 Å². The summed E-state index contributed by atoms with van der Waals surface area (Å²) in [5.74, 6) is 0.113. The molecule has 0 atom stereocenters. The van der Waals surface area contributed by atoms with Crippen LogP contribution in [0.2, 0.25) is 0 Å². The number of hydrogen-bond donors (Lipinski definition) is 2. The Hall–Kier alpha value is -1.01. The van der Waals surface area contributed by atoms with Gasteiger partial charge in [-0.05, 0) is 6.07 Å². The molecule has 0 fully saturated rings. The smallest absolute Gasteiger partial charge is 0.298 e. The van der Waals surface area contributed by atoms with Crippen LogP contribution in [0.25, 0.3) is 0 Å². The predicted octanol–water partition coefficient (Wildman–Crippen LogP) is -0.105. The Bertz CT molecular complexity index is 288. The second-order valence-corrected chi connectivity index (χ2v) is 2.92. The molecule has 0 amide bonds. The molecule has 1 aromatic heterocycles. The second-order valence-electron chi connectivity index (χ2n) is 1.62. The summed E-state index contributed by atoms with van der Waals surface area (Å²) >= 11 is 0. The molecular weight excluding hydrogens is 156 g/mol. The van der Waals surface area contributed by atoms with Crippen LogP contribution < -0.4 is 9.86 Å². The molecule has 10 heavy (non-hydrogen) atoms. The molecule has 1 heterocycles. The monoisotopic (exact) mass is 162 g/mol. The fourth-order valence-corrected chi connectivity index (χ4v) is 0.873. The molecule has 0 saturated carbocycles. The van der Waals surface area contributed by atoms with Crippen molar-refractivity contribution in [1.29, 1.82) is 0 Å². The maximum absolute atomic E-state index is 10.3. The third kappa shape index (κ3) is 2.08. The van der Waals surface area contributed by atoms with E-state index in [1.54, 1.807) is 6.07 Å². The molecule has 0 aliphatic heterocycles. The molecule has 56 valence electrons. The molecule has 0 spiro atoms. The van der Waals surface area contributed by atoms with Crippen molar-refractivity contribution < 1.29 is 12.8 Å². The lowest BCUT2D eigenvalue weighted by molar-refractivity contribution is 0.577. The van der Waals surface area contributed by atoms with Gasteiger partial charge in [0.15, 0.2) is 0 Å². The minimum atomic E-state index is -3.69. The van der Waals surface area contributed by atoms with E-state index in [4.69, 9.17) is 0 Å². The summed E-state index contributed by atoms with van der Waals surface area (Å²) in [5.41, 5.74) is 0. The number of nitrogens with two attached hydrogens (primary N) is 1. The molecule has 6 heteroatoms. The van der Waals surface area contributed by atoms with Gasteiger partial charge in [0.25, 0.3) is 10.2 Å². The molecule has 3 N–H and O–H groups in total. The molecule has 0 aliphatic rings. The zero-order valence-corrected chi connectivity index (χ0v) is 5.76. The van der Waals surface area contributed by atoms with Crippen molar-refractivity contribution in [2.75, 3.05) is 4.72 Å². The number of anilines is 1. The summed E-state index contributed by atoms with van der Waals surface area (Å²) in [4.78, 5) is 0. The Kier molecular flexibility index (Phi) is 1.64. The summed E-state index contributed by atoms with van der Waals surface area (Å²) in [7, 11) is -3.69. The van der Waals surface area contributed by atoms with Gasteiger partial charge < -0.3 is 4.42 Å². The topological polar surface area (TPSA) is 85.3 Å². The van der Waals surface area contributed by atoms with Crippen LogP contribution in [0, 0.1) is 0 Å². The Morgan fingerprint density at radius 3 is 2.70 bits per heavy atom. The number of hydrogen-bond acceptors (Lipinski definition) is 3. The van der Waals surface area contributed by atoms with Crippen molar-refractivity contribution in [2.45, 2.75) is 0 Å². The average molecular weight is 162 g/mol. The lowest BCUT2D eigenvalue weighted by Gasteiger charge is -1.95. The molecule has 0 saturated heterocycles. The van der Waals surface area contributed by atoms with E-state index in [1.807, 2.05) is 4.72 Å². The van der Waals surface area contributed by atoms with Crippen molar-refractivity contribution in [2.24, 2.45) is 5.14 Å². The van der Waals surface area contributed by atoms with Crippen LogP contribution in [0.4, 0.5) is 5.88 Å². The van der Waals surface area contributed by atoms with Gasteiger partial charge in [-0.1, -0.05) is 0 Å². The van der Waals surface area contributed by atoms with E-state index in [9.17, 15) is 8.42 Å². The maximum atomic E-state index is 10.3. The van der Waals surface area contributed by atoms with Gasteiger partial charge in [0.2, 0.25) is 5.88 Å². The van der Waals surface area contributed by atoms with Crippen LogP contribution in [0.3, 0.4) is 0 Å². The fourth-order valence-electron chi connectivity index (χ4n) is 0.477. The van der Waals surface area contributed by atoms with Crippen molar-refractivity contribution in [3.05, 3.63) is 18.4 Å². The lowest BCUT2D eigenvalue weighted by atomic mass is 10.6. The third-order valence-corrected chi connectivity index (χ3v) is 1.25. The van der Waals surface area contributed by atoms with Crippen molar-refractivity contribution in [3.8, 4) is 0 Å². The van der Waals surface area contributed by atoms with Crippen LogP contribution in [0.15, 0.2) is 22.8 Å². The van der Waals surface area contributed by atoms with E-state index in [0.29, 0.717) is 0 Å². The van der Waals surface area contributed by atoms with Gasteiger partial charge in [-0.2, -0.15) is 8.42 Å².